The van der Waals surface area contributed by atoms with Crippen molar-refractivity contribution < 1.29 is 24.1 Å². The maximum absolute atomic E-state index is 11.5. The first kappa shape index (κ1) is 18.9. The van der Waals surface area contributed by atoms with E-state index >= 15 is 0 Å². The average molecular weight is 362 g/mol. The van der Waals surface area contributed by atoms with Crippen molar-refractivity contribution in [1.29, 1.82) is 0 Å². The van der Waals surface area contributed by atoms with Gasteiger partial charge in [0, 0.05) is 30.4 Å². The molecule has 1 unspecified atom stereocenters. The maximum atomic E-state index is 11.5. The van der Waals surface area contributed by atoms with Gasteiger partial charge < -0.3 is 24.1 Å². The second-order valence-electron chi connectivity index (χ2n) is 7.65. The molecule has 1 aliphatic heterocycles. The average Bonchev–Trinajstić information content (AvgIpc) is 2.60. The zero-order valence-corrected chi connectivity index (χ0v) is 15.9. The number of likely N-dealkylation sites (N-methyl/N-ethyl adjacent to an activating group) is 1. The van der Waals surface area contributed by atoms with Crippen molar-refractivity contribution in [3.63, 3.8) is 0 Å². The van der Waals surface area contributed by atoms with Crippen LogP contribution in [0.25, 0.3) is 11.0 Å². The number of aliphatic hydroxyl groups is 1. The lowest BCUT2D eigenvalue weighted by molar-refractivity contribution is -0.941. The van der Waals surface area contributed by atoms with Crippen molar-refractivity contribution in [3.8, 4) is 5.75 Å². The Morgan fingerprint density at radius 3 is 2.81 bits per heavy atom. The molecule has 1 fully saturated rings. The van der Waals surface area contributed by atoms with Gasteiger partial charge in [-0.15, -0.1) is 0 Å². The maximum Gasteiger partial charge on any atom is 0.336 e. The molecule has 1 aromatic carbocycles. The van der Waals surface area contributed by atoms with Gasteiger partial charge in [-0.25, -0.2) is 4.79 Å². The normalized spacial score (nSPS) is 22.9. The lowest BCUT2D eigenvalue weighted by Gasteiger charge is -2.31. The monoisotopic (exact) mass is 362 g/mol. The molecule has 0 radical (unpaired) electrons. The van der Waals surface area contributed by atoms with Crippen LogP contribution >= 0.6 is 0 Å². The first-order chi connectivity index (χ1) is 12.4. The first-order valence-corrected chi connectivity index (χ1v) is 9.41. The number of likely N-dealkylation sites (tertiary alicyclic amines) is 1. The minimum Gasteiger partial charge on any atom is -0.491 e. The number of aryl methyl sites for hydroxylation is 1. The molecule has 142 valence electrons. The Hall–Kier alpha value is -1.89. The van der Waals surface area contributed by atoms with Gasteiger partial charge in [0.15, 0.2) is 0 Å². The number of ether oxygens (including phenoxy) is 1. The number of fused-ring (bicyclic) bond motifs is 1. The molecule has 2 heterocycles. The Labute approximate surface area is 154 Å². The summed E-state index contributed by atoms with van der Waals surface area (Å²) in [6, 6.07) is 7.54. The topological polar surface area (TPSA) is 68.5 Å². The summed E-state index contributed by atoms with van der Waals surface area (Å²) in [5, 5.41) is 11.2. The highest BCUT2D eigenvalue weighted by atomic mass is 16.5. The van der Waals surface area contributed by atoms with Crippen molar-refractivity contribution in [2.24, 2.45) is 0 Å². The number of nitrogens with one attached hydrogen (secondary N) is 2. The number of rotatable bonds is 6. The molecule has 0 saturated carbocycles. The lowest BCUT2D eigenvalue weighted by Crippen LogP contribution is -3.18. The highest BCUT2D eigenvalue weighted by Gasteiger charge is 2.27. The van der Waals surface area contributed by atoms with Crippen LogP contribution in [0.15, 0.2) is 33.5 Å². The van der Waals surface area contributed by atoms with Gasteiger partial charge in [0.1, 0.15) is 30.6 Å². The predicted molar refractivity (Wildman–Crippen MR) is 100 cm³/mol. The number of hydrogen-bond acceptors (Lipinski definition) is 4. The number of aliphatic hydroxyl groups excluding tert-OH is 1. The fraction of sp³-hybridized carbons (Fsp3) is 0.550. The second-order valence-corrected chi connectivity index (χ2v) is 7.65. The van der Waals surface area contributed by atoms with Gasteiger partial charge in [-0.05, 0) is 24.6 Å². The summed E-state index contributed by atoms with van der Waals surface area (Å²) in [6.45, 7) is 5.20. The van der Waals surface area contributed by atoms with E-state index < -0.39 is 6.10 Å². The molecule has 2 aromatic rings. The Morgan fingerprint density at radius 2 is 2.08 bits per heavy atom. The van der Waals surface area contributed by atoms with Crippen LogP contribution in [0.5, 0.6) is 5.75 Å². The van der Waals surface area contributed by atoms with Crippen LogP contribution in [0.3, 0.4) is 0 Å². The van der Waals surface area contributed by atoms with Gasteiger partial charge >= 0.3 is 5.63 Å². The molecular weight excluding hydrogens is 332 g/mol. The molecule has 0 aliphatic carbocycles. The zero-order valence-electron chi connectivity index (χ0n) is 15.9. The van der Waals surface area contributed by atoms with Gasteiger partial charge in [0.25, 0.3) is 0 Å². The molecule has 1 aromatic heterocycles. The Kier molecular flexibility index (Phi) is 5.96. The van der Waals surface area contributed by atoms with Crippen LogP contribution in [0.2, 0.25) is 0 Å². The van der Waals surface area contributed by atoms with Gasteiger partial charge in [0.05, 0.1) is 33.2 Å². The molecule has 3 N–H and O–H groups in total. The summed E-state index contributed by atoms with van der Waals surface area (Å²) < 4.78 is 11.0. The molecule has 0 bridgehead atoms. The minimum atomic E-state index is -0.526. The molecule has 1 saturated heterocycles. The molecule has 2 atom stereocenters. The molecule has 1 aliphatic rings. The van der Waals surface area contributed by atoms with Crippen LogP contribution in [-0.2, 0) is 0 Å². The summed E-state index contributed by atoms with van der Waals surface area (Å²) in [7, 11) is 4.39. The van der Waals surface area contributed by atoms with E-state index in [0.29, 0.717) is 23.9 Å². The molecule has 0 amide bonds. The number of hydrogen-bond donors (Lipinski definition) is 3. The Bertz CT molecular complexity index is 796. The first-order valence-electron chi connectivity index (χ1n) is 9.41. The minimum absolute atomic E-state index is 0.233. The lowest BCUT2D eigenvalue weighted by atomic mass is 10.0. The van der Waals surface area contributed by atoms with Crippen LogP contribution in [0.4, 0.5) is 0 Å². The van der Waals surface area contributed by atoms with Crippen LogP contribution in [0.1, 0.15) is 18.4 Å². The van der Waals surface area contributed by atoms with Gasteiger partial charge in [-0.2, -0.15) is 0 Å². The molecular formula is C20H30N2O4+2. The number of benzene rings is 1. The SMILES string of the molecule is Cc1cc(=O)oc2cc(OC[C@H](O)C[NH+](C)C3CC[NH+](C)CC3)ccc12. The molecule has 6 nitrogen and oxygen atoms in total. The van der Waals surface area contributed by atoms with E-state index in [2.05, 4.69) is 14.1 Å². The van der Waals surface area contributed by atoms with E-state index in [1.54, 1.807) is 11.0 Å². The highest BCUT2D eigenvalue weighted by Crippen LogP contribution is 2.22. The van der Waals surface area contributed by atoms with Crippen molar-refractivity contribution in [3.05, 3.63) is 40.2 Å². The quantitative estimate of drug-likeness (QED) is 0.579. The van der Waals surface area contributed by atoms with Crippen LogP contribution in [0, 0.1) is 6.92 Å². The molecule has 3 rings (SSSR count). The van der Waals surface area contributed by atoms with Crippen molar-refractivity contribution >= 4 is 11.0 Å². The van der Waals surface area contributed by atoms with E-state index in [1.165, 1.54) is 36.9 Å². The molecule has 0 spiro atoms. The van der Waals surface area contributed by atoms with Crippen molar-refractivity contribution in [2.45, 2.75) is 31.9 Å². The summed E-state index contributed by atoms with van der Waals surface area (Å²) in [5.74, 6) is 0.603. The smallest absolute Gasteiger partial charge is 0.336 e. The molecule has 26 heavy (non-hydrogen) atoms. The fourth-order valence-corrected chi connectivity index (χ4v) is 3.79. The zero-order chi connectivity index (χ0) is 18.7. The highest BCUT2D eigenvalue weighted by molar-refractivity contribution is 5.81. The van der Waals surface area contributed by atoms with Gasteiger partial charge in [0.2, 0.25) is 0 Å². The third kappa shape index (κ3) is 4.63. The Balaban J connectivity index is 1.55. The second kappa shape index (κ2) is 8.20. The fourth-order valence-electron chi connectivity index (χ4n) is 3.79. The van der Waals surface area contributed by atoms with E-state index in [0.717, 1.165) is 10.9 Å². The largest absolute Gasteiger partial charge is 0.491 e. The standard InChI is InChI=1S/C20H28N2O4/c1-14-10-20(24)26-19-11-17(4-5-18(14)19)25-13-16(23)12-22(3)15-6-8-21(2)9-7-15/h4-5,10-11,15-16,23H,6-9,12-13H2,1-3H3/p+2/t16-/m1/s1. The van der Waals surface area contributed by atoms with E-state index in [-0.39, 0.29) is 12.2 Å². The van der Waals surface area contributed by atoms with E-state index in [4.69, 9.17) is 9.15 Å². The summed E-state index contributed by atoms with van der Waals surface area (Å²) in [5.41, 5.74) is 1.03. The Morgan fingerprint density at radius 1 is 1.35 bits per heavy atom. The van der Waals surface area contributed by atoms with Gasteiger partial charge in [-0.1, -0.05) is 0 Å². The molecule has 6 heteroatoms. The van der Waals surface area contributed by atoms with Crippen molar-refractivity contribution in [2.75, 3.05) is 40.3 Å². The summed E-state index contributed by atoms with van der Waals surface area (Å²) in [4.78, 5) is 14.5. The van der Waals surface area contributed by atoms with Gasteiger partial charge in [-0.3, -0.25) is 0 Å². The van der Waals surface area contributed by atoms with Crippen molar-refractivity contribution in [1.82, 2.24) is 0 Å². The number of piperidine rings is 1. The van der Waals surface area contributed by atoms with Crippen LogP contribution in [-0.4, -0.2) is 57.6 Å². The van der Waals surface area contributed by atoms with E-state index in [9.17, 15) is 9.90 Å². The summed E-state index contributed by atoms with van der Waals surface area (Å²) in [6.07, 6.45) is 1.88. The predicted octanol–water partition coefficient (Wildman–Crippen LogP) is -0.967. The van der Waals surface area contributed by atoms with E-state index in [1.807, 2.05) is 19.1 Å². The number of quaternary nitrogens is 2. The third-order valence-electron chi connectivity index (χ3n) is 5.46. The summed E-state index contributed by atoms with van der Waals surface area (Å²) >= 11 is 0. The third-order valence-corrected chi connectivity index (χ3v) is 5.46. The van der Waals surface area contributed by atoms with Crippen LogP contribution < -0.4 is 20.2 Å².